The van der Waals surface area contributed by atoms with Gasteiger partial charge in [-0.05, 0) is 54.5 Å². The zero-order valence-corrected chi connectivity index (χ0v) is 16.0. The van der Waals surface area contributed by atoms with E-state index in [1.165, 1.54) is 17.5 Å². The highest BCUT2D eigenvalue weighted by Crippen LogP contribution is 2.47. The van der Waals surface area contributed by atoms with Crippen LogP contribution >= 0.6 is 0 Å². The maximum atomic E-state index is 12.6. The average Bonchev–Trinajstić information content (AvgIpc) is 3.38. The van der Waals surface area contributed by atoms with E-state index in [1.54, 1.807) is 7.11 Å². The molecule has 0 radical (unpaired) electrons. The van der Waals surface area contributed by atoms with E-state index < -0.39 is 0 Å². The van der Waals surface area contributed by atoms with E-state index in [0.717, 1.165) is 41.3 Å². The summed E-state index contributed by atoms with van der Waals surface area (Å²) in [6.45, 7) is 0.363. The predicted octanol–water partition coefficient (Wildman–Crippen LogP) is 4.19. The molecule has 0 atom stereocenters. The molecule has 1 aliphatic carbocycles. The number of hydrogen-bond acceptors (Lipinski definition) is 6. The van der Waals surface area contributed by atoms with Crippen LogP contribution in [0.2, 0.25) is 0 Å². The van der Waals surface area contributed by atoms with E-state index in [-0.39, 0.29) is 19.4 Å². The van der Waals surface area contributed by atoms with Gasteiger partial charge in [-0.3, -0.25) is 0 Å². The van der Waals surface area contributed by atoms with Crippen molar-refractivity contribution < 1.29 is 23.7 Å². The Morgan fingerprint density at radius 2 is 1.93 bits per heavy atom. The first-order valence-electron chi connectivity index (χ1n) is 9.87. The van der Waals surface area contributed by atoms with Crippen LogP contribution in [0.3, 0.4) is 0 Å². The number of methoxy groups -OCH3 is 1. The molecule has 3 aromatic rings. The largest absolute Gasteiger partial charge is 0.493 e. The molecular weight excluding hydrogens is 370 g/mol. The second-order valence-electron chi connectivity index (χ2n) is 7.60. The number of esters is 1. The van der Waals surface area contributed by atoms with Gasteiger partial charge < -0.3 is 18.9 Å². The molecular formula is C23H19NO5. The molecule has 3 heterocycles. The maximum absolute atomic E-state index is 12.6. The van der Waals surface area contributed by atoms with Gasteiger partial charge in [-0.1, -0.05) is 12.1 Å². The van der Waals surface area contributed by atoms with Crippen LogP contribution in [-0.4, -0.2) is 24.9 Å². The Labute approximate surface area is 167 Å². The van der Waals surface area contributed by atoms with E-state index >= 15 is 0 Å². The molecule has 6 heteroatoms. The van der Waals surface area contributed by atoms with Gasteiger partial charge in [0, 0.05) is 10.9 Å². The first kappa shape index (κ1) is 16.7. The van der Waals surface area contributed by atoms with Crippen LogP contribution in [0.25, 0.3) is 22.0 Å². The number of rotatable bonds is 2. The van der Waals surface area contributed by atoms with Crippen molar-refractivity contribution in [3.8, 4) is 28.4 Å². The number of benzene rings is 2. The van der Waals surface area contributed by atoms with Crippen molar-refractivity contribution in [2.24, 2.45) is 0 Å². The lowest BCUT2D eigenvalue weighted by Crippen LogP contribution is -2.07. The fourth-order valence-corrected chi connectivity index (χ4v) is 4.71. The monoisotopic (exact) mass is 389 g/mol. The number of pyridine rings is 1. The standard InChI is InChI=1S/C23H19NO5/c1-26-17-8-13(9-18-22(17)29-11-28-18)19-15-7-6-12-4-2-3-5-14(12)21(15)24-16-10-27-23(25)20(16)19/h6-9H,2-5,10-11H2,1H3. The molecule has 2 aromatic carbocycles. The number of carbonyl (C=O) groups is 1. The summed E-state index contributed by atoms with van der Waals surface area (Å²) in [4.78, 5) is 17.5. The first-order valence-corrected chi connectivity index (χ1v) is 9.87. The average molecular weight is 389 g/mol. The zero-order chi connectivity index (χ0) is 19.5. The second-order valence-corrected chi connectivity index (χ2v) is 7.60. The van der Waals surface area contributed by atoms with Crippen molar-refractivity contribution in [1.29, 1.82) is 0 Å². The van der Waals surface area contributed by atoms with Crippen molar-refractivity contribution in [1.82, 2.24) is 4.98 Å². The number of carbonyl (C=O) groups excluding carboxylic acids is 1. The number of ether oxygens (including phenoxy) is 4. The van der Waals surface area contributed by atoms with Crippen molar-refractivity contribution >= 4 is 16.9 Å². The third-order valence-corrected chi connectivity index (χ3v) is 6.05. The van der Waals surface area contributed by atoms with E-state index in [2.05, 4.69) is 12.1 Å². The molecule has 3 aliphatic rings. The normalized spacial score (nSPS) is 16.5. The minimum Gasteiger partial charge on any atom is -0.493 e. The molecule has 2 aliphatic heterocycles. The summed E-state index contributed by atoms with van der Waals surface area (Å²) in [5, 5.41) is 0.962. The highest BCUT2D eigenvalue weighted by molar-refractivity contribution is 6.10. The van der Waals surface area contributed by atoms with Gasteiger partial charge in [-0.15, -0.1) is 0 Å². The van der Waals surface area contributed by atoms with E-state index in [1.807, 2.05) is 12.1 Å². The Balaban J connectivity index is 1.70. The number of aryl methyl sites for hydroxylation is 2. The van der Waals surface area contributed by atoms with Gasteiger partial charge >= 0.3 is 5.97 Å². The topological polar surface area (TPSA) is 66.9 Å². The number of hydrogen-bond donors (Lipinski definition) is 0. The molecule has 6 nitrogen and oxygen atoms in total. The van der Waals surface area contributed by atoms with Crippen molar-refractivity contribution in [3.05, 3.63) is 46.6 Å². The molecule has 0 saturated carbocycles. The summed E-state index contributed by atoms with van der Waals surface area (Å²) < 4.78 is 22.0. The smallest absolute Gasteiger partial charge is 0.341 e. The highest BCUT2D eigenvalue weighted by Gasteiger charge is 2.32. The predicted molar refractivity (Wildman–Crippen MR) is 106 cm³/mol. The summed E-state index contributed by atoms with van der Waals surface area (Å²) in [5.74, 6) is 1.45. The van der Waals surface area contributed by atoms with Crippen molar-refractivity contribution in [2.45, 2.75) is 32.3 Å². The number of nitrogens with zero attached hydrogens (tertiary/aromatic N) is 1. The van der Waals surface area contributed by atoms with E-state index in [9.17, 15) is 4.79 Å². The van der Waals surface area contributed by atoms with Crippen LogP contribution in [0.1, 0.15) is 40.0 Å². The first-order chi connectivity index (χ1) is 14.2. The number of fused-ring (bicyclic) bond motifs is 5. The van der Waals surface area contributed by atoms with Gasteiger partial charge in [-0.25, -0.2) is 9.78 Å². The Hall–Kier alpha value is -3.28. The lowest BCUT2D eigenvalue weighted by molar-refractivity contribution is 0.0534. The van der Waals surface area contributed by atoms with Crippen LogP contribution in [0.4, 0.5) is 0 Å². The number of cyclic esters (lactones) is 1. The molecule has 6 rings (SSSR count). The van der Waals surface area contributed by atoms with E-state index in [4.69, 9.17) is 23.9 Å². The number of aromatic nitrogens is 1. The maximum Gasteiger partial charge on any atom is 0.341 e. The summed E-state index contributed by atoms with van der Waals surface area (Å²) in [7, 11) is 1.60. The van der Waals surface area contributed by atoms with Crippen LogP contribution in [0, 0.1) is 0 Å². The van der Waals surface area contributed by atoms with Gasteiger partial charge in [0.25, 0.3) is 0 Å². The molecule has 0 N–H and O–H groups in total. The quantitative estimate of drug-likeness (QED) is 0.613. The van der Waals surface area contributed by atoms with Crippen LogP contribution in [0.5, 0.6) is 17.2 Å². The summed E-state index contributed by atoms with van der Waals surface area (Å²) in [6, 6.07) is 8.07. The molecule has 0 spiro atoms. The van der Waals surface area contributed by atoms with Crippen LogP contribution in [-0.2, 0) is 24.2 Å². The Morgan fingerprint density at radius 1 is 1.03 bits per heavy atom. The third kappa shape index (κ3) is 2.35. The van der Waals surface area contributed by atoms with E-state index in [0.29, 0.717) is 28.5 Å². The molecule has 0 bridgehead atoms. The van der Waals surface area contributed by atoms with Gasteiger partial charge in [0.1, 0.15) is 6.61 Å². The lowest BCUT2D eigenvalue weighted by atomic mass is 9.86. The fraction of sp³-hybridized carbons (Fsp3) is 0.304. The molecule has 0 amide bonds. The highest BCUT2D eigenvalue weighted by atomic mass is 16.7. The van der Waals surface area contributed by atoms with Crippen LogP contribution in [0.15, 0.2) is 24.3 Å². The minimum atomic E-state index is -0.334. The third-order valence-electron chi connectivity index (χ3n) is 6.05. The molecule has 0 saturated heterocycles. The Morgan fingerprint density at radius 3 is 2.83 bits per heavy atom. The zero-order valence-electron chi connectivity index (χ0n) is 16.0. The molecule has 0 fully saturated rings. The summed E-state index contributed by atoms with van der Waals surface area (Å²) in [5.41, 5.74) is 6.54. The van der Waals surface area contributed by atoms with Crippen LogP contribution < -0.4 is 14.2 Å². The van der Waals surface area contributed by atoms with Gasteiger partial charge in [0.15, 0.2) is 11.5 Å². The van der Waals surface area contributed by atoms with Gasteiger partial charge in [-0.2, -0.15) is 0 Å². The van der Waals surface area contributed by atoms with Crippen molar-refractivity contribution in [3.63, 3.8) is 0 Å². The van der Waals surface area contributed by atoms with Gasteiger partial charge in [0.05, 0.1) is 23.9 Å². The lowest BCUT2D eigenvalue weighted by Gasteiger charge is -2.20. The minimum absolute atomic E-state index is 0.153. The molecule has 146 valence electrons. The Kier molecular flexibility index (Phi) is 3.51. The summed E-state index contributed by atoms with van der Waals surface area (Å²) >= 11 is 0. The molecule has 29 heavy (non-hydrogen) atoms. The SMILES string of the molecule is COc1cc(-c2c3c(nc4c5c(ccc24)CCCC5)COC3=O)cc2c1OCO2. The molecule has 0 unspecified atom stereocenters. The van der Waals surface area contributed by atoms with Gasteiger partial charge in [0.2, 0.25) is 12.5 Å². The van der Waals surface area contributed by atoms with Crippen molar-refractivity contribution in [2.75, 3.05) is 13.9 Å². The second kappa shape index (κ2) is 6.11. The fourth-order valence-electron chi connectivity index (χ4n) is 4.71. The summed E-state index contributed by atoms with van der Waals surface area (Å²) in [6.07, 6.45) is 4.45. The molecule has 1 aromatic heterocycles. The Bertz CT molecular complexity index is 1200.